The monoisotopic (exact) mass is 1290 g/mol. The summed E-state index contributed by atoms with van der Waals surface area (Å²) in [6.45, 7) is 53.6. The minimum atomic E-state index is -3.10. The Labute approximate surface area is 515 Å². The van der Waals surface area contributed by atoms with Crippen LogP contribution in [0.25, 0.3) is 0 Å². The van der Waals surface area contributed by atoms with Gasteiger partial charge in [0.25, 0.3) is 0 Å². The molecule has 0 fully saturated rings. The fraction of sp³-hybridized carbons (Fsp3) is 1.00. The number of rotatable bonds is 57. The van der Waals surface area contributed by atoms with E-state index in [4.69, 9.17) is 39.8 Å². The van der Waals surface area contributed by atoms with E-state index in [1.165, 1.54) is 113 Å². The maximum absolute atomic E-state index is 7.06. The van der Waals surface area contributed by atoms with Crippen molar-refractivity contribution in [2.24, 2.45) is 0 Å². The molecule has 0 heterocycles. The highest BCUT2D eigenvalue weighted by molar-refractivity contribution is 6.67. The van der Waals surface area contributed by atoms with Gasteiger partial charge in [0, 0.05) is 116 Å². The Bertz CT molecular complexity index is 1190. The molecule has 0 saturated heterocycles. The number of unbranched alkanes of at least 4 members (excludes halogenated alkanes) is 6. The van der Waals surface area contributed by atoms with Crippen molar-refractivity contribution in [3.8, 4) is 0 Å². The lowest BCUT2D eigenvalue weighted by Crippen LogP contribution is -2.47. The standard InChI is InChI=1S/C61H138O9Si10/c1-56(38-23-29-47-71(7)8)65-77(19,66-57(2)39-24-30-48-72(9)10)53-35-44-62-80(22,63-45-36-54-78(20,67-58(3)40-25-31-49-73(11)12)68-59(4)41-26-32-50-74(13)14)64-46-37-55-79(21,69-60(5)42-27-33-51-75(15)16)70-61(6)43-28-34-52-76(17)18/h56-61H,23-55H2,1-22H3. The van der Waals surface area contributed by atoms with Crippen molar-refractivity contribution >= 4 is 87.3 Å². The van der Waals surface area contributed by atoms with Crippen molar-refractivity contribution in [2.45, 2.75) is 372 Å². The van der Waals surface area contributed by atoms with Gasteiger partial charge < -0.3 is 39.8 Å². The Kier molecular flexibility index (Phi) is 48.8. The van der Waals surface area contributed by atoms with Gasteiger partial charge in [0.15, 0.2) is 0 Å². The molecule has 9 nitrogen and oxygen atoms in total. The van der Waals surface area contributed by atoms with Crippen LogP contribution in [0, 0.1) is 0 Å². The smallest absolute Gasteiger partial charge is 0.392 e. The molecule has 80 heavy (non-hydrogen) atoms. The third kappa shape index (κ3) is 48.8. The average Bonchev–Trinajstić information content (AvgIpc) is 3.33. The summed E-state index contributed by atoms with van der Waals surface area (Å²) < 4.78 is 63.2. The van der Waals surface area contributed by atoms with Crippen molar-refractivity contribution in [1.29, 1.82) is 0 Å². The van der Waals surface area contributed by atoms with Crippen LogP contribution in [-0.4, -0.2) is 144 Å². The molecule has 19 heteroatoms. The van der Waals surface area contributed by atoms with E-state index in [2.05, 4.69) is 146 Å². The van der Waals surface area contributed by atoms with Gasteiger partial charge in [-0.3, -0.25) is 0 Å². The van der Waals surface area contributed by atoms with E-state index in [1.807, 2.05) is 0 Å². The van der Waals surface area contributed by atoms with Crippen molar-refractivity contribution in [1.82, 2.24) is 0 Å². The van der Waals surface area contributed by atoms with Crippen molar-refractivity contribution in [2.75, 3.05) is 19.8 Å². The maximum Gasteiger partial charge on any atom is 0.497 e. The minimum Gasteiger partial charge on any atom is -0.392 e. The van der Waals surface area contributed by atoms with E-state index >= 15 is 0 Å². The topological polar surface area (TPSA) is 83.1 Å². The molecule has 0 aromatic carbocycles. The second-order valence-electron chi connectivity index (χ2n) is 27.4. The fourth-order valence-corrected chi connectivity index (χ4v) is 27.5. The Balaban J connectivity index is 6.53. The lowest BCUT2D eigenvalue weighted by molar-refractivity contribution is 0.0562. The zero-order valence-corrected chi connectivity index (χ0v) is 67.5. The molecule has 0 aromatic rings. The van der Waals surface area contributed by atoms with Crippen molar-refractivity contribution in [3.05, 3.63) is 0 Å². The molecule has 6 atom stereocenters. The predicted molar refractivity (Wildman–Crippen MR) is 373 cm³/mol. The molecule has 0 aromatic heterocycles. The van der Waals surface area contributed by atoms with Crippen molar-refractivity contribution < 1.29 is 39.8 Å². The van der Waals surface area contributed by atoms with Crippen LogP contribution >= 0.6 is 0 Å². The minimum absolute atomic E-state index is 0.191. The Hall–Kier alpha value is 1.81. The summed E-state index contributed by atoms with van der Waals surface area (Å²) in [6, 6.07) is 10.9. The van der Waals surface area contributed by atoms with Crippen LogP contribution in [0.2, 0.25) is 159 Å². The first kappa shape index (κ1) is 81.8. The van der Waals surface area contributed by atoms with Gasteiger partial charge in [-0.1, -0.05) is 192 Å². The summed E-state index contributed by atoms with van der Waals surface area (Å²) in [5.74, 6) is 0. The molecule has 0 saturated carbocycles. The Morgan fingerprint density at radius 2 is 0.412 bits per heavy atom. The summed E-state index contributed by atoms with van der Waals surface area (Å²) >= 11 is 0. The first-order valence-electron chi connectivity index (χ1n) is 33.2. The molecule has 0 bridgehead atoms. The summed E-state index contributed by atoms with van der Waals surface area (Å²) in [7, 11) is -11.9. The molecular formula is C61H138O9Si10. The second kappa shape index (κ2) is 47.8. The second-order valence-corrected chi connectivity index (χ2v) is 57.2. The maximum atomic E-state index is 7.06. The third-order valence-corrected chi connectivity index (χ3v) is 34.8. The first-order valence-corrected chi connectivity index (χ1v) is 59.3. The number of hydrogen-bond acceptors (Lipinski definition) is 9. The van der Waals surface area contributed by atoms with Gasteiger partial charge in [0.1, 0.15) is 0 Å². The molecule has 0 aliphatic heterocycles. The highest BCUT2D eigenvalue weighted by atomic mass is 28.4. The number of hydrogen-bond donors (Lipinski definition) is 0. The van der Waals surface area contributed by atoms with Crippen molar-refractivity contribution in [3.63, 3.8) is 0 Å². The molecule has 476 valence electrons. The molecular weight excluding hydrogens is 1160 g/mol. The third-order valence-electron chi connectivity index (χ3n) is 15.3. The summed E-state index contributed by atoms with van der Waals surface area (Å²) in [4.78, 5) is 0. The quantitative estimate of drug-likeness (QED) is 0.0437. The molecule has 6 radical (unpaired) electrons. The van der Waals surface area contributed by atoms with Crippen LogP contribution < -0.4 is 0 Å². The van der Waals surface area contributed by atoms with E-state index in [-0.39, 0.29) is 89.4 Å². The Morgan fingerprint density at radius 3 is 0.562 bits per heavy atom. The largest absolute Gasteiger partial charge is 0.497 e. The van der Waals surface area contributed by atoms with Crippen LogP contribution in [0.5, 0.6) is 0 Å². The van der Waals surface area contributed by atoms with Crippen LogP contribution in [0.4, 0.5) is 0 Å². The Morgan fingerprint density at radius 1 is 0.250 bits per heavy atom. The molecule has 0 aliphatic rings. The fourth-order valence-electron chi connectivity index (χ4n) is 10.9. The van der Waals surface area contributed by atoms with E-state index in [0.717, 1.165) is 75.9 Å². The van der Waals surface area contributed by atoms with Crippen LogP contribution in [0.3, 0.4) is 0 Å². The SMILES string of the molecule is CC(CCCC[Si](C)C)O[Si](C)(CCCO[Si](C)(OCCC[Si](C)(OC(C)CCCC[Si](C)C)OC(C)CCCC[Si](C)C)OCCC[Si](C)(OC(C)CCCC[Si](C)C)OC(C)CCCC[Si](C)C)OC(C)CCCC[Si](C)C. The summed E-state index contributed by atoms with van der Waals surface area (Å²) in [5.41, 5.74) is 0. The van der Waals surface area contributed by atoms with E-state index in [0.29, 0.717) is 19.8 Å². The normalized spacial score (nSPS) is 18.0. The van der Waals surface area contributed by atoms with Gasteiger partial charge in [-0.05, 0) is 137 Å². The van der Waals surface area contributed by atoms with Gasteiger partial charge in [-0.15, -0.1) is 0 Å². The van der Waals surface area contributed by atoms with E-state index in [9.17, 15) is 0 Å². The lowest BCUT2D eigenvalue weighted by Gasteiger charge is -2.35. The molecule has 0 spiro atoms. The summed E-state index contributed by atoms with van der Waals surface area (Å²) in [6.07, 6.45) is 25.5. The lowest BCUT2D eigenvalue weighted by atomic mass is 10.2. The van der Waals surface area contributed by atoms with Gasteiger partial charge in [0.05, 0.1) is 0 Å². The van der Waals surface area contributed by atoms with Gasteiger partial charge in [-0.25, -0.2) is 0 Å². The highest BCUT2D eigenvalue weighted by Gasteiger charge is 2.41. The van der Waals surface area contributed by atoms with Gasteiger partial charge in [0.2, 0.25) is 0 Å². The first-order chi connectivity index (χ1) is 37.5. The van der Waals surface area contributed by atoms with E-state index in [1.54, 1.807) is 0 Å². The average molecular weight is 1300 g/mol. The molecule has 0 amide bonds. The molecule has 6 unspecified atom stereocenters. The summed E-state index contributed by atoms with van der Waals surface area (Å²) in [5, 5.41) is 0. The van der Waals surface area contributed by atoms with Crippen LogP contribution in [-0.2, 0) is 39.8 Å². The van der Waals surface area contributed by atoms with Crippen LogP contribution in [0.1, 0.15) is 176 Å². The van der Waals surface area contributed by atoms with Crippen LogP contribution in [0.15, 0.2) is 0 Å². The zero-order valence-electron chi connectivity index (χ0n) is 57.5. The molecule has 0 rings (SSSR count). The highest BCUT2D eigenvalue weighted by Crippen LogP contribution is 2.29. The predicted octanol–water partition coefficient (Wildman–Crippen LogP) is 20.0. The van der Waals surface area contributed by atoms with E-state index < -0.39 is 34.5 Å². The molecule has 0 N–H and O–H groups in total. The zero-order chi connectivity index (χ0) is 60.6. The van der Waals surface area contributed by atoms with Gasteiger partial charge >= 0.3 is 34.5 Å². The van der Waals surface area contributed by atoms with Gasteiger partial charge in [-0.2, -0.15) is 0 Å². The molecule has 0 aliphatic carbocycles.